The molecule has 2 nitrogen and oxygen atoms in total. The number of carbonyl (C=O) groups is 1. The van der Waals surface area contributed by atoms with Crippen molar-refractivity contribution in [3.8, 4) is 0 Å². The number of hydrogen-bond acceptors (Lipinski definition) is 2. The Labute approximate surface area is 106 Å². The van der Waals surface area contributed by atoms with E-state index in [9.17, 15) is 4.79 Å². The van der Waals surface area contributed by atoms with Gasteiger partial charge < -0.3 is 0 Å². The lowest BCUT2D eigenvalue weighted by molar-refractivity contribution is -0.128. The Hall–Kier alpha value is -0.370. The molecule has 2 heteroatoms. The normalized spacial score (nSPS) is 37.0. The van der Waals surface area contributed by atoms with E-state index in [1.807, 2.05) is 0 Å². The Bertz CT molecular complexity index is 319. The molecule has 4 unspecified atom stereocenters. The molecule has 17 heavy (non-hydrogen) atoms. The summed E-state index contributed by atoms with van der Waals surface area (Å²) >= 11 is 0. The third-order valence-corrected chi connectivity index (χ3v) is 5.30. The van der Waals surface area contributed by atoms with Gasteiger partial charge in [-0.3, -0.25) is 9.69 Å². The van der Waals surface area contributed by atoms with Crippen LogP contribution in [0.1, 0.15) is 48.0 Å². The van der Waals surface area contributed by atoms with Gasteiger partial charge in [-0.25, -0.2) is 0 Å². The van der Waals surface area contributed by atoms with Crippen LogP contribution in [0, 0.1) is 23.2 Å². The summed E-state index contributed by atoms with van der Waals surface area (Å²) in [5.74, 6) is 2.07. The second kappa shape index (κ2) is 4.08. The number of likely N-dealkylation sites (tertiary alicyclic amines) is 1. The largest absolute Gasteiger partial charge is 0.298 e. The summed E-state index contributed by atoms with van der Waals surface area (Å²) in [5.41, 5.74) is 0.402. The third kappa shape index (κ3) is 1.85. The van der Waals surface area contributed by atoms with Gasteiger partial charge in [-0.2, -0.15) is 0 Å². The first-order valence-electron chi connectivity index (χ1n) is 7.11. The van der Waals surface area contributed by atoms with Gasteiger partial charge in [0.2, 0.25) is 0 Å². The molecular weight excluding hydrogens is 210 g/mol. The lowest BCUT2D eigenvalue weighted by Gasteiger charge is -2.34. The van der Waals surface area contributed by atoms with Crippen molar-refractivity contribution in [2.75, 3.05) is 6.54 Å². The van der Waals surface area contributed by atoms with Crippen LogP contribution in [0.2, 0.25) is 0 Å². The van der Waals surface area contributed by atoms with Crippen molar-refractivity contribution in [3.05, 3.63) is 0 Å². The Kier molecular flexibility index (Phi) is 3.14. The van der Waals surface area contributed by atoms with Crippen LogP contribution in [0.5, 0.6) is 0 Å². The number of Topliss-reactive ketones (excluding diaryl/α,β-unsaturated/α-hetero) is 1. The molecule has 1 aliphatic carbocycles. The summed E-state index contributed by atoms with van der Waals surface area (Å²) < 4.78 is 0. The quantitative estimate of drug-likeness (QED) is 0.749. The Morgan fingerprint density at radius 3 is 2.41 bits per heavy atom. The van der Waals surface area contributed by atoms with Crippen molar-refractivity contribution in [2.24, 2.45) is 23.2 Å². The highest BCUT2D eigenvalue weighted by molar-refractivity contribution is 5.87. The first-order valence-corrected chi connectivity index (χ1v) is 7.11. The number of hydrogen-bond donors (Lipinski definition) is 0. The molecule has 98 valence electrons. The molecule has 0 N–H and O–H groups in total. The number of fused-ring (bicyclic) bond motifs is 1. The Morgan fingerprint density at radius 2 is 1.94 bits per heavy atom. The molecule has 2 rings (SSSR count). The first-order chi connectivity index (χ1) is 7.82. The van der Waals surface area contributed by atoms with Crippen LogP contribution < -0.4 is 0 Å². The molecule has 2 fully saturated rings. The summed E-state index contributed by atoms with van der Waals surface area (Å²) in [5, 5.41) is 0. The van der Waals surface area contributed by atoms with E-state index < -0.39 is 0 Å². The number of rotatable bonds is 4. The van der Waals surface area contributed by atoms with Gasteiger partial charge in [-0.15, -0.1) is 0 Å². The minimum atomic E-state index is 0.199. The maximum atomic E-state index is 12.6. The van der Waals surface area contributed by atoms with Crippen LogP contribution in [0.4, 0.5) is 0 Å². The molecule has 1 saturated carbocycles. The third-order valence-electron chi connectivity index (χ3n) is 5.30. The minimum Gasteiger partial charge on any atom is -0.298 e. The smallest absolute Gasteiger partial charge is 0.153 e. The lowest BCUT2D eigenvalue weighted by Crippen LogP contribution is -2.47. The fraction of sp³-hybridized carbons (Fsp3) is 0.933. The van der Waals surface area contributed by atoms with Crippen LogP contribution >= 0.6 is 0 Å². The molecule has 1 aliphatic heterocycles. The lowest BCUT2D eigenvalue weighted by atomic mass is 9.90. The van der Waals surface area contributed by atoms with E-state index >= 15 is 0 Å². The van der Waals surface area contributed by atoms with E-state index in [2.05, 4.69) is 46.4 Å². The Balaban J connectivity index is 2.18. The van der Waals surface area contributed by atoms with E-state index in [-0.39, 0.29) is 12.0 Å². The van der Waals surface area contributed by atoms with Gasteiger partial charge in [0.1, 0.15) is 0 Å². The van der Waals surface area contributed by atoms with Gasteiger partial charge in [0.15, 0.2) is 5.78 Å². The summed E-state index contributed by atoms with van der Waals surface area (Å²) in [6.45, 7) is 14.4. The zero-order valence-electron chi connectivity index (χ0n) is 12.2. The highest BCUT2D eigenvalue weighted by atomic mass is 16.1. The van der Waals surface area contributed by atoms with Crippen molar-refractivity contribution < 1.29 is 4.79 Å². The van der Waals surface area contributed by atoms with Crippen molar-refractivity contribution in [3.63, 3.8) is 0 Å². The van der Waals surface area contributed by atoms with Crippen LogP contribution in [-0.2, 0) is 4.79 Å². The predicted octanol–water partition coefficient (Wildman–Crippen LogP) is 2.97. The monoisotopic (exact) mass is 237 g/mol. The van der Waals surface area contributed by atoms with E-state index in [1.165, 1.54) is 0 Å². The van der Waals surface area contributed by atoms with Gasteiger partial charge in [0, 0.05) is 18.5 Å². The van der Waals surface area contributed by atoms with E-state index in [1.54, 1.807) is 0 Å². The van der Waals surface area contributed by atoms with Gasteiger partial charge in [0.05, 0.1) is 6.04 Å². The summed E-state index contributed by atoms with van der Waals surface area (Å²) in [7, 11) is 0. The molecule has 0 spiro atoms. The predicted molar refractivity (Wildman–Crippen MR) is 70.9 cm³/mol. The minimum absolute atomic E-state index is 0.199. The van der Waals surface area contributed by atoms with Crippen LogP contribution in [0.15, 0.2) is 0 Å². The second-order valence-corrected chi connectivity index (χ2v) is 6.90. The Morgan fingerprint density at radius 1 is 1.35 bits per heavy atom. The summed E-state index contributed by atoms with van der Waals surface area (Å²) in [4.78, 5) is 15.0. The van der Waals surface area contributed by atoms with Crippen molar-refractivity contribution in [1.29, 1.82) is 0 Å². The van der Waals surface area contributed by atoms with Crippen molar-refractivity contribution in [2.45, 2.75) is 60.0 Å². The molecular formula is C15H27NO. The van der Waals surface area contributed by atoms with E-state index in [0.29, 0.717) is 23.2 Å². The zero-order valence-corrected chi connectivity index (χ0v) is 12.2. The topological polar surface area (TPSA) is 20.3 Å². The van der Waals surface area contributed by atoms with Crippen LogP contribution in [-0.4, -0.2) is 29.3 Å². The van der Waals surface area contributed by atoms with E-state index in [0.717, 1.165) is 18.9 Å². The number of piperidine rings is 1. The molecule has 0 aromatic carbocycles. The molecule has 1 saturated heterocycles. The number of carbonyl (C=O) groups excluding carboxylic acids is 1. The molecule has 0 aromatic heterocycles. The SMILES string of the molecule is CCC(C)C(=O)C1C2C(CN1C(C)C)C2(C)C. The number of nitrogens with zero attached hydrogens (tertiary/aromatic N) is 1. The van der Waals surface area contributed by atoms with Gasteiger partial charge in [-0.1, -0.05) is 27.7 Å². The van der Waals surface area contributed by atoms with Crippen LogP contribution in [0.25, 0.3) is 0 Å². The summed E-state index contributed by atoms with van der Waals surface area (Å²) in [6.07, 6.45) is 0.971. The highest BCUT2D eigenvalue weighted by Gasteiger charge is 2.68. The fourth-order valence-electron chi connectivity index (χ4n) is 3.67. The maximum absolute atomic E-state index is 12.6. The van der Waals surface area contributed by atoms with Crippen molar-refractivity contribution in [1.82, 2.24) is 4.90 Å². The standard InChI is InChI=1S/C15H27NO/c1-7-10(4)14(17)13-12-11(15(12,5)6)8-16(13)9(2)3/h9-13H,7-8H2,1-6H3. The average molecular weight is 237 g/mol. The van der Waals surface area contributed by atoms with Gasteiger partial charge >= 0.3 is 0 Å². The highest BCUT2D eigenvalue weighted by Crippen LogP contribution is 2.65. The van der Waals surface area contributed by atoms with Gasteiger partial charge in [-0.05, 0) is 37.5 Å². The molecule has 0 amide bonds. The van der Waals surface area contributed by atoms with Crippen molar-refractivity contribution >= 4 is 5.78 Å². The first kappa shape index (κ1) is 13.1. The second-order valence-electron chi connectivity index (χ2n) is 6.90. The molecule has 2 aliphatic rings. The maximum Gasteiger partial charge on any atom is 0.153 e. The zero-order chi connectivity index (χ0) is 13.0. The average Bonchev–Trinajstić information content (AvgIpc) is 2.67. The molecule has 0 radical (unpaired) electrons. The molecule has 1 heterocycles. The number of ketones is 1. The van der Waals surface area contributed by atoms with Gasteiger partial charge in [0.25, 0.3) is 0 Å². The molecule has 0 aromatic rings. The molecule has 4 atom stereocenters. The fourth-order valence-corrected chi connectivity index (χ4v) is 3.67. The molecule has 0 bridgehead atoms. The van der Waals surface area contributed by atoms with Crippen LogP contribution in [0.3, 0.4) is 0 Å². The summed E-state index contributed by atoms with van der Waals surface area (Å²) in [6, 6.07) is 0.696. The van der Waals surface area contributed by atoms with E-state index in [4.69, 9.17) is 0 Å².